The molecule has 0 bridgehead atoms. The maximum absolute atomic E-state index is 13.7. The summed E-state index contributed by atoms with van der Waals surface area (Å²) in [4.78, 5) is 23.4. The summed E-state index contributed by atoms with van der Waals surface area (Å²) in [7, 11) is -3.70. The van der Waals surface area contributed by atoms with Crippen molar-refractivity contribution < 1.29 is 27.5 Å². The Hall–Kier alpha value is -2.16. The van der Waals surface area contributed by atoms with Gasteiger partial charge in [0.1, 0.15) is 5.82 Å². The number of carbonyl (C=O) groups is 2. The molecule has 0 spiro atoms. The Labute approximate surface area is 140 Å². The minimum absolute atomic E-state index is 0.0270. The summed E-state index contributed by atoms with van der Waals surface area (Å²) in [6, 6.07) is 3.25. The molecule has 0 saturated carbocycles. The van der Waals surface area contributed by atoms with Crippen molar-refractivity contribution in [3.05, 3.63) is 29.6 Å². The van der Waals surface area contributed by atoms with Gasteiger partial charge in [0.05, 0.1) is 23.9 Å². The smallest absolute Gasteiger partial charge is 0.305 e. The third kappa shape index (κ3) is 5.48. The molecule has 0 fully saturated rings. The maximum atomic E-state index is 13.7. The van der Waals surface area contributed by atoms with E-state index < -0.39 is 33.3 Å². The molecule has 3 N–H and O–H groups in total. The topological polar surface area (TPSA) is 113 Å². The van der Waals surface area contributed by atoms with Gasteiger partial charge >= 0.3 is 5.97 Å². The third-order valence-electron chi connectivity index (χ3n) is 3.75. The van der Waals surface area contributed by atoms with Crippen LogP contribution in [0.3, 0.4) is 0 Å². The van der Waals surface area contributed by atoms with Gasteiger partial charge in [-0.25, -0.2) is 12.8 Å². The second-order valence-electron chi connectivity index (χ2n) is 5.58. The van der Waals surface area contributed by atoms with Crippen molar-refractivity contribution in [2.24, 2.45) is 0 Å². The van der Waals surface area contributed by atoms with E-state index in [0.29, 0.717) is 12.8 Å². The van der Waals surface area contributed by atoms with E-state index >= 15 is 0 Å². The van der Waals surface area contributed by atoms with Crippen LogP contribution in [0.1, 0.15) is 43.5 Å². The van der Waals surface area contributed by atoms with Crippen LogP contribution in [0.4, 0.5) is 10.1 Å². The molecular weight excluding hydrogens is 339 g/mol. The standard InChI is InChI=1S/C15H21FN2O5S/c1-4-15(5-2,9-13(19)20)17-14(21)10-6-7-11(16)12(8-10)18-24(3,22)23/h6-8,18H,4-5,9H2,1-3H3,(H,17,21)(H,19,20). The minimum atomic E-state index is -3.70. The zero-order chi connectivity index (χ0) is 18.5. The predicted molar refractivity (Wildman–Crippen MR) is 87.9 cm³/mol. The molecule has 1 rings (SSSR count). The van der Waals surface area contributed by atoms with E-state index in [1.807, 2.05) is 4.72 Å². The van der Waals surface area contributed by atoms with Crippen molar-refractivity contribution in [2.75, 3.05) is 11.0 Å². The molecule has 0 aromatic heterocycles. The van der Waals surface area contributed by atoms with Crippen molar-refractivity contribution >= 4 is 27.6 Å². The highest BCUT2D eigenvalue weighted by Gasteiger charge is 2.31. The fourth-order valence-corrected chi connectivity index (χ4v) is 2.82. The summed E-state index contributed by atoms with van der Waals surface area (Å²) in [5.41, 5.74) is -1.25. The maximum Gasteiger partial charge on any atom is 0.305 e. The zero-order valence-corrected chi connectivity index (χ0v) is 14.5. The van der Waals surface area contributed by atoms with Gasteiger partial charge in [0.2, 0.25) is 10.0 Å². The lowest BCUT2D eigenvalue weighted by atomic mass is 9.88. The average molecular weight is 360 g/mol. The Balaban J connectivity index is 3.10. The first-order chi connectivity index (χ1) is 11.0. The Morgan fingerprint density at radius 1 is 1.25 bits per heavy atom. The third-order valence-corrected chi connectivity index (χ3v) is 4.34. The van der Waals surface area contributed by atoms with Gasteiger partial charge in [-0.05, 0) is 31.0 Å². The van der Waals surface area contributed by atoms with E-state index in [9.17, 15) is 22.4 Å². The Morgan fingerprint density at radius 3 is 2.29 bits per heavy atom. The number of hydrogen-bond donors (Lipinski definition) is 3. The van der Waals surface area contributed by atoms with Crippen molar-refractivity contribution in [3.63, 3.8) is 0 Å². The Kier molecular flexibility index (Phi) is 6.30. The first-order valence-corrected chi connectivity index (χ1v) is 9.22. The lowest BCUT2D eigenvalue weighted by Crippen LogP contribution is -2.49. The molecule has 0 saturated heterocycles. The number of nitrogens with one attached hydrogen (secondary N) is 2. The number of amides is 1. The summed E-state index contributed by atoms with van der Waals surface area (Å²) >= 11 is 0. The van der Waals surface area contributed by atoms with E-state index in [2.05, 4.69) is 5.32 Å². The number of anilines is 1. The minimum Gasteiger partial charge on any atom is -0.481 e. The number of carboxylic acid groups (broad SMARTS) is 1. The summed E-state index contributed by atoms with van der Waals surface area (Å²) in [5.74, 6) is -2.46. The molecular formula is C15H21FN2O5S. The average Bonchev–Trinajstić information content (AvgIpc) is 2.46. The van der Waals surface area contributed by atoms with Crippen LogP contribution in [-0.4, -0.2) is 37.2 Å². The highest BCUT2D eigenvalue weighted by Crippen LogP contribution is 2.22. The SMILES string of the molecule is CCC(CC)(CC(=O)O)NC(=O)c1ccc(F)c(NS(C)(=O)=O)c1. The van der Waals surface area contributed by atoms with Gasteiger partial charge in [-0.3, -0.25) is 14.3 Å². The van der Waals surface area contributed by atoms with E-state index in [-0.39, 0.29) is 17.7 Å². The fraction of sp³-hybridized carbons (Fsp3) is 0.467. The predicted octanol–water partition coefficient (Wildman–Crippen LogP) is 1.96. The van der Waals surface area contributed by atoms with E-state index in [1.54, 1.807) is 13.8 Å². The van der Waals surface area contributed by atoms with Crippen molar-refractivity contribution in [1.29, 1.82) is 0 Å². The van der Waals surface area contributed by atoms with Crippen LogP contribution in [0.5, 0.6) is 0 Å². The number of rotatable bonds is 8. The summed E-state index contributed by atoms with van der Waals surface area (Å²) in [6.45, 7) is 3.52. The lowest BCUT2D eigenvalue weighted by Gasteiger charge is -2.31. The van der Waals surface area contributed by atoms with Crippen LogP contribution < -0.4 is 10.0 Å². The van der Waals surface area contributed by atoms with E-state index in [1.165, 1.54) is 6.07 Å². The number of carboxylic acids is 1. The van der Waals surface area contributed by atoms with Crippen LogP contribution in [-0.2, 0) is 14.8 Å². The van der Waals surface area contributed by atoms with Gasteiger partial charge in [0, 0.05) is 5.56 Å². The van der Waals surface area contributed by atoms with Crippen LogP contribution in [0.25, 0.3) is 0 Å². The van der Waals surface area contributed by atoms with Gasteiger partial charge in [-0.2, -0.15) is 0 Å². The molecule has 0 unspecified atom stereocenters. The molecule has 0 aliphatic carbocycles. The molecule has 134 valence electrons. The largest absolute Gasteiger partial charge is 0.481 e. The van der Waals surface area contributed by atoms with Gasteiger partial charge in [-0.15, -0.1) is 0 Å². The van der Waals surface area contributed by atoms with Crippen LogP contribution in [0, 0.1) is 5.82 Å². The Bertz CT molecular complexity index is 729. The van der Waals surface area contributed by atoms with Crippen LogP contribution in [0.2, 0.25) is 0 Å². The summed E-state index contributed by atoms with van der Waals surface area (Å²) in [6.07, 6.45) is 1.42. The lowest BCUT2D eigenvalue weighted by molar-refractivity contribution is -0.138. The molecule has 0 aliphatic rings. The second kappa shape index (κ2) is 7.61. The summed E-state index contributed by atoms with van der Waals surface area (Å²) in [5, 5.41) is 11.7. The van der Waals surface area contributed by atoms with Gasteiger partial charge in [0.15, 0.2) is 0 Å². The molecule has 0 heterocycles. The molecule has 9 heteroatoms. The number of hydrogen-bond acceptors (Lipinski definition) is 4. The number of sulfonamides is 1. The van der Waals surface area contributed by atoms with Crippen LogP contribution in [0.15, 0.2) is 18.2 Å². The molecule has 7 nitrogen and oxygen atoms in total. The summed E-state index contributed by atoms with van der Waals surface area (Å²) < 4.78 is 38.1. The van der Waals surface area contributed by atoms with E-state index in [4.69, 9.17) is 5.11 Å². The van der Waals surface area contributed by atoms with Gasteiger partial charge in [-0.1, -0.05) is 13.8 Å². The number of aliphatic carboxylic acids is 1. The molecule has 24 heavy (non-hydrogen) atoms. The molecule has 1 aromatic rings. The van der Waals surface area contributed by atoms with Crippen molar-refractivity contribution in [2.45, 2.75) is 38.6 Å². The normalized spacial score (nSPS) is 11.8. The van der Waals surface area contributed by atoms with Crippen molar-refractivity contribution in [1.82, 2.24) is 5.32 Å². The number of benzene rings is 1. The molecule has 0 radical (unpaired) electrons. The van der Waals surface area contributed by atoms with Crippen LogP contribution >= 0.6 is 0 Å². The van der Waals surface area contributed by atoms with Gasteiger partial charge < -0.3 is 10.4 Å². The monoisotopic (exact) mass is 360 g/mol. The number of carbonyl (C=O) groups excluding carboxylic acids is 1. The highest BCUT2D eigenvalue weighted by atomic mass is 32.2. The molecule has 1 amide bonds. The fourth-order valence-electron chi connectivity index (χ4n) is 2.27. The van der Waals surface area contributed by atoms with Gasteiger partial charge in [0.25, 0.3) is 5.91 Å². The highest BCUT2D eigenvalue weighted by molar-refractivity contribution is 7.92. The first kappa shape index (κ1) is 19.9. The van der Waals surface area contributed by atoms with Crippen molar-refractivity contribution in [3.8, 4) is 0 Å². The molecule has 0 atom stereocenters. The van der Waals surface area contributed by atoms with E-state index in [0.717, 1.165) is 18.4 Å². The zero-order valence-electron chi connectivity index (χ0n) is 13.7. The Morgan fingerprint density at radius 2 is 1.83 bits per heavy atom. The molecule has 0 aliphatic heterocycles. The number of halogens is 1. The molecule has 1 aromatic carbocycles. The first-order valence-electron chi connectivity index (χ1n) is 7.33. The quantitative estimate of drug-likeness (QED) is 0.656. The second-order valence-corrected chi connectivity index (χ2v) is 7.33.